The molecule has 3 rings (SSSR count). The fourth-order valence-corrected chi connectivity index (χ4v) is 3.67. The molecule has 1 heterocycles. The summed E-state index contributed by atoms with van der Waals surface area (Å²) in [6.45, 7) is 2.87. The molecule has 1 amide bonds. The number of ether oxygens (including phenoxy) is 2. The van der Waals surface area contributed by atoms with Crippen molar-refractivity contribution in [3.8, 4) is 11.5 Å². The van der Waals surface area contributed by atoms with Gasteiger partial charge in [0.1, 0.15) is 13.2 Å². The predicted molar refractivity (Wildman–Crippen MR) is 102 cm³/mol. The number of anilines is 1. The third-order valence-electron chi connectivity index (χ3n) is 4.11. The van der Waals surface area contributed by atoms with Crippen LogP contribution in [-0.2, 0) is 21.2 Å². The van der Waals surface area contributed by atoms with Crippen LogP contribution in [-0.4, -0.2) is 34.1 Å². The van der Waals surface area contributed by atoms with Gasteiger partial charge in [-0.3, -0.25) is 4.79 Å². The van der Waals surface area contributed by atoms with Crippen LogP contribution in [0.2, 0.25) is 0 Å². The van der Waals surface area contributed by atoms with E-state index >= 15 is 0 Å². The number of benzene rings is 2. The van der Waals surface area contributed by atoms with Crippen molar-refractivity contribution in [1.29, 1.82) is 0 Å². The summed E-state index contributed by atoms with van der Waals surface area (Å²) < 4.78 is 38.0. The Labute approximate surface area is 158 Å². The van der Waals surface area contributed by atoms with E-state index in [1.807, 2.05) is 24.3 Å². The lowest BCUT2D eigenvalue weighted by Crippen LogP contribution is -2.28. The smallest absolute Gasteiger partial charge is 0.240 e. The van der Waals surface area contributed by atoms with Crippen molar-refractivity contribution >= 4 is 21.6 Å². The van der Waals surface area contributed by atoms with E-state index in [2.05, 4.69) is 17.0 Å². The van der Waals surface area contributed by atoms with Crippen molar-refractivity contribution in [3.05, 3.63) is 48.0 Å². The zero-order valence-electron chi connectivity index (χ0n) is 15.0. The minimum atomic E-state index is -3.74. The molecule has 0 spiro atoms. The molecule has 2 N–H and O–H groups in total. The van der Waals surface area contributed by atoms with Crippen LogP contribution in [0.25, 0.3) is 0 Å². The van der Waals surface area contributed by atoms with E-state index in [-0.39, 0.29) is 23.8 Å². The fraction of sp³-hybridized carbons (Fsp3) is 0.316. The highest BCUT2D eigenvalue weighted by atomic mass is 32.2. The van der Waals surface area contributed by atoms with Crippen LogP contribution in [0.5, 0.6) is 11.5 Å². The Morgan fingerprint density at radius 3 is 2.44 bits per heavy atom. The topological polar surface area (TPSA) is 93.7 Å². The van der Waals surface area contributed by atoms with E-state index in [1.54, 1.807) is 6.07 Å². The van der Waals surface area contributed by atoms with Gasteiger partial charge >= 0.3 is 0 Å². The highest BCUT2D eigenvalue weighted by Crippen LogP contribution is 2.32. The summed E-state index contributed by atoms with van der Waals surface area (Å²) in [5.41, 5.74) is 1.87. The van der Waals surface area contributed by atoms with E-state index in [0.717, 1.165) is 6.42 Å². The number of hydrogen-bond donors (Lipinski definition) is 2. The summed E-state index contributed by atoms with van der Waals surface area (Å²) >= 11 is 0. The molecular formula is C19H22N2O5S. The molecule has 2 aromatic carbocycles. The second-order valence-electron chi connectivity index (χ2n) is 6.05. The first-order valence-corrected chi connectivity index (χ1v) is 10.2. The number of nitrogens with one attached hydrogen (secondary N) is 2. The van der Waals surface area contributed by atoms with Gasteiger partial charge in [0, 0.05) is 24.7 Å². The number of carbonyl (C=O) groups excluding carboxylic acids is 1. The van der Waals surface area contributed by atoms with Gasteiger partial charge in [-0.2, -0.15) is 0 Å². The largest absolute Gasteiger partial charge is 0.486 e. The van der Waals surface area contributed by atoms with Crippen molar-refractivity contribution < 1.29 is 22.7 Å². The lowest BCUT2D eigenvalue weighted by Gasteiger charge is -2.18. The van der Waals surface area contributed by atoms with Crippen LogP contribution in [0, 0.1) is 0 Å². The first kappa shape index (κ1) is 19.2. The van der Waals surface area contributed by atoms with Gasteiger partial charge in [-0.05, 0) is 36.2 Å². The fourth-order valence-electron chi connectivity index (χ4n) is 2.62. The van der Waals surface area contributed by atoms with Crippen molar-refractivity contribution in [2.24, 2.45) is 0 Å². The zero-order chi connectivity index (χ0) is 19.3. The van der Waals surface area contributed by atoms with Crippen LogP contribution < -0.4 is 19.5 Å². The van der Waals surface area contributed by atoms with Crippen LogP contribution >= 0.6 is 0 Å². The molecular weight excluding hydrogens is 368 g/mol. The molecule has 0 radical (unpaired) electrons. The summed E-state index contributed by atoms with van der Waals surface area (Å²) in [6, 6.07) is 12.0. The maximum Gasteiger partial charge on any atom is 0.240 e. The standard InChI is InChI=1S/C19H22N2O5S/c1-2-14-3-5-15(6-4-14)21-19(22)9-10-20-27(23,24)16-7-8-17-18(13-16)26-12-11-25-17/h3-8,13,20H,2,9-12H2,1H3,(H,21,22). The van der Waals surface area contributed by atoms with Crippen LogP contribution in [0.1, 0.15) is 18.9 Å². The third kappa shape index (κ3) is 4.99. The molecule has 8 heteroatoms. The molecule has 0 unspecified atom stereocenters. The number of fused-ring (bicyclic) bond motifs is 1. The molecule has 1 aliphatic rings. The Morgan fingerprint density at radius 1 is 1.04 bits per heavy atom. The number of carbonyl (C=O) groups is 1. The molecule has 2 aromatic rings. The summed E-state index contributed by atoms with van der Waals surface area (Å²) in [5.74, 6) is 0.662. The summed E-state index contributed by atoms with van der Waals surface area (Å²) in [4.78, 5) is 12.1. The normalized spacial score (nSPS) is 13.2. The summed E-state index contributed by atoms with van der Waals surface area (Å²) in [5, 5.41) is 2.75. The molecule has 144 valence electrons. The quantitative estimate of drug-likeness (QED) is 0.757. The van der Waals surface area contributed by atoms with Crippen molar-refractivity contribution in [2.75, 3.05) is 25.1 Å². The third-order valence-corrected chi connectivity index (χ3v) is 5.57. The average molecular weight is 390 g/mol. The van der Waals surface area contributed by atoms with E-state index in [0.29, 0.717) is 30.4 Å². The van der Waals surface area contributed by atoms with E-state index < -0.39 is 10.0 Å². The Bertz CT molecular complexity index is 910. The second kappa shape index (κ2) is 8.41. The maximum atomic E-state index is 12.4. The lowest BCUT2D eigenvalue weighted by molar-refractivity contribution is -0.116. The Balaban J connectivity index is 1.53. The second-order valence-corrected chi connectivity index (χ2v) is 7.82. The van der Waals surface area contributed by atoms with Crippen LogP contribution in [0.15, 0.2) is 47.4 Å². The van der Waals surface area contributed by atoms with E-state index in [1.165, 1.54) is 17.7 Å². The SMILES string of the molecule is CCc1ccc(NC(=O)CCNS(=O)(=O)c2ccc3c(c2)OCCO3)cc1. The highest BCUT2D eigenvalue weighted by Gasteiger charge is 2.19. The van der Waals surface area contributed by atoms with Gasteiger partial charge in [0.25, 0.3) is 0 Å². The number of hydrogen-bond acceptors (Lipinski definition) is 5. The van der Waals surface area contributed by atoms with Gasteiger partial charge in [-0.25, -0.2) is 13.1 Å². The highest BCUT2D eigenvalue weighted by molar-refractivity contribution is 7.89. The van der Waals surface area contributed by atoms with Crippen LogP contribution in [0.4, 0.5) is 5.69 Å². The molecule has 1 aliphatic heterocycles. The predicted octanol–water partition coefficient (Wildman–Crippen LogP) is 2.33. The van der Waals surface area contributed by atoms with Gasteiger partial charge < -0.3 is 14.8 Å². The minimum Gasteiger partial charge on any atom is -0.486 e. The Hall–Kier alpha value is -2.58. The molecule has 0 atom stereocenters. The van der Waals surface area contributed by atoms with Gasteiger partial charge in [-0.15, -0.1) is 0 Å². The number of aryl methyl sites for hydroxylation is 1. The molecule has 7 nitrogen and oxygen atoms in total. The average Bonchev–Trinajstić information content (AvgIpc) is 2.68. The molecule has 0 aliphatic carbocycles. The van der Waals surface area contributed by atoms with Gasteiger partial charge in [0.05, 0.1) is 4.90 Å². The number of rotatable bonds is 7. The van der Waals surface area contributed by atoms with Gasteiger partial charge in [0.15, 0.2) is 11.5 Å². The maximum absolute atomic E-state index is 12.4. The summed E-state index contributed by atoms with van der Waals surface area (Å²) in [6.07, 6.45) is 0.954. The van der Waals surface area contributed by atoms with Crippen LogP contribution in [0.3, 0.4) is 0 Å². The molecule has 0 bridgehead atoms. The van der Waals surface area contributed by atoms with E-state index in [9.17, 15) is 13.2 Å². The molecule has 27 heavy (non-hydrogen) atoms. The number of sulfonamides is 1. The monoisotopic (exact) mass is 390 g/mol. The van der Waals surface area contributed by atoms with Gasteiger partial charge in [-0.1, -0.05) is 19.1 Å². The lowest BCUT2D eigenvalue weighted by atomic mass is 10.1. The van der Waals surface area contributed by atoms with Crippen molar-refractivity contribution in [1.82, 2.24) is 4.72 Å². The number of amides is 1. The van der Waals surface area contributed by atoms with Crippen molar-refractivity contribution in [3.63, 3.8) is 0 Å². The molecule has 0 fully saturated rings. The minimum absolute atomic E-state index is 0.00431. The first-order valence-electron chi connectivity index (χ1n) is 8.76. The Kier molecular flexibility index (Phi) is 5.98. The summed E-state index contributed by atoms with van der Waals surface area (Å²) in [7, 11) is -3.74. The van der Waals surface area contributed by atoms with E-state index in [4.69, 9.17) is 9.47 Å². The van der Waals surface area contributed by atoms with Gasteiger partial charge in [0.2, 0.25) is 15.9 Å². The molecule has 0 aromatic heterocycles. The van der Waals surface area contributed by atoms with Crippen molar-refractivity contribution in [2.45, 2.75) is 24.7 Å². The Morgan fingerprint density at radius 2 is 1.74 bits per heavy atom. The zero-order valence-corrected chi connectivity index (χ0v) is 15.8. The molecule has 0 saturated heterocycles. The molecule has 0 saturated carbocycles. The first-order chi connectivity index (χ1) is 13.0.